The lowest BCUT2D eigenvalue weighted by Gasteiger charge is -2.40. The fraction of sp³-hybridized carbons (Fsp3) is 0.419. The van der Waals surface area contributed by atoms with Crippen molar-refractivity contribution in [1.29, 1.82) is 0 Å². The Morgan fingerprint density at radius 1 is 0.882 bits per heavy atom. The maximum Gasteiger partial charge on any atom is 0.0822 e. The summed E-state index contributed by atoms with van der Waals surface area (Å²) in [4.78, 5) is 4.86. The van der Waals surface area contributed by atoms with E-state index in [-0.39, 0.29) is 11.5 Å². The quantitative estimate of drug-likeness (QED) is 0.548. The highest BCUT2D eigenvalue weighted by Gasteiger charge is 2.53. The van der Waals surface area contributed by atoms with Crippen molar-refractivity contribution in [3.05, 3.63) is 106 Å². The Morgan fingerprint density at radius 2 is 1.47 bits per heavy atom. The third kappa shape index (κ3) is 3.53. The molecule has 0 aromatic heterocycles. The molecule has 1 saturated heterocycles. The molecule has 0 saturated carbocycles. The Balaban J connectivity index is 1.19. The SMILES string of the molecule is CN(C)Cc1ccccc1[C@H](O)C1CCN(CC23CC(c4ccccc42)c2ccccc23)CC1. The van der Waals surface area contributed by atoms with Crippen molar-refractivity contribution in [2.75, 3.05) is 33.7 Å². The monoisotopic (exact) mass is 452 g/mol. The number of aliphatic hydroxyl groups excluding tert-OH is 1. The first-order valence-corrected chi connectivity index (χ1v) is 12.9. The molecule has 1 aliphatic heterocycles. The van der Waals surface area contributed by atoms with E-state index in [2.05, 4.69) is 96.7 Å². The molecule has 2 aliphatic carbocycles. The molecule has 3 aromatic rings. The molecular formula is C31H36N2O. The molecule has 3 heteroatoms. The van der Waals surface area contributed by atoms with Gasteiger partial charge in [-0.3, -0.25) is 0 Å². The average molecular weight is 453 g/mol. The molecule has 2 bridgehead atoms. The van der Waals surface area contributed by atoms with Crippen LogP contribution in [0.25, 0.3) is 0 Å². The van der Waals surface area contributed by atoms with Crippen LogP contribution < -0.4 is 0 Å². The van der Waals surface area contributed by atoms with Crippen LogP contribution in [0.15, 0.2) is 72.8 Å². The maximum atomic E-state index is 11.3. The number of aliphatic hydroxyl groups is 1. The summed E-state index contributed by atoms with van der Waals surface area (Å²) >= 11 is 0. The van der Waals surface area contributed by atoms with Crippen LogP contribution >= 0.6 is 0 Å². The van der Waals surface area contributed by atoms with E-state index < -0.39 is 0 Å². The lowest BCUT2D eigenvalue weighted by molar-refractivity contribution is 0.0532. The average Bonchev–Trinajstić information content (AvgIpc) is 3.36. The molecule has 176 valence electrons. The smallest absolute Gasteiger partial charge is 0.0822 e. The largest absolute Gasteiger partial charge is 0.388 e. The summed E-state index contributed by atoms with van der Waals surface area (Å²) in [7, 11) is 4.18. The zero-order valence-electron chi connectivity index (χ0n) is 20.5. The Labute approximate surface area is 204 Å². The Hall–Kier alpha value is -2.46. The number of hydrogen-bond acceptors (Lipinski definition) is 3. The number of fused-ring (bicyclic) bond motifs is 8. The van der Waals surface area contributed by atoms with Crippen molar-refractivity contribution in [3.8, 4) is 0 Å². The molecule has 1 N–H and O–H groups in total. The van der Waals surface area contributed by atoms with Crippen LogP contribution in [-0.2, 0) is 12.0 Å². The molecular weight excluding hydrogens is 416 g/mol. The molecule has 34 heavy (non-hydrogen) atoms. The number of piperidine rings is 1. The van der Waals surface area contributed by atoms with E-state index in [0.29, 0.717) is 11.8 Å². The Kier molecular flexibility index (Phi) is 5.60. The summed E-state index contributed by atoms with van der Waals surface area (Å²) in [6.45, 7) is 4.09. The van der Waals surface area contributed by atoms with Crippen molar-refractivity contribution in [2.24, 2.45) is 5.92 Å². The molecule has 3 aromatic carbocycles. The first kappa shape index (κ1) is 22.0. The minimum absolute atomic E-state index is 0.127. The van der Waals surface area contributed by atoms with Gasteiger partial charge in [0, 0.05) is 24.4 Å². The third-order valence-electron chi connectivity index (χ3n) is 8.69. The number of hydrogen-bond donors (Lipinski definition) is 1. The fourth-order valence-corrected chi connectivity index (χ4v) is 7.18. The molecule has 0 radical (unpaired) electrons. The van der Waals surface area contributed by atoms with Gasteiger partial charge in [-0.1, -0.05) is 72.8 Å². The van der Waals surface area contributed by atoms with Crippen molar-refractivity contribution >= 4 is 0 Å². The number of rotatable bonds is 6. The van der Waals surface area contributed by atoms with Gasteiger partial charge < -0.3 is 14.9 Å². The van der Waals surface area contributed by atoms with E-state index in [1.807, 2.05) is 0 Å². The predicted molar refractivity (Wildman–Crippen MR) is 138 cm³/mol. The summed E-state index contributed by atoms with van der Waals surface area (Å²) in [6, 6.07) is 26.8. The van der Waals surface area contributed by atoms with E-state index in [1.54, 1.807) is 22.3 Å². The van der Waals surface area contributed by atoms with Gasteiger partial charge in [-0.25, -0.2) is 0 Å². The zero-order valence-corrected chi connectivity index (χ0v) is 20.5. The molecule has 1 fully saturated rings. The van der Waals surface area contributed by atoms with Crippen LogP contribution in [0.4, 0.5) is 0 Å². The van der Waals surface area contributed by atoms with Gasteiger partial charge in [0.1, 0.15) is 0 Å². The first-order chi connectivity index (χ1) is 16.6. The highest BCUT2D eigenvalue weighted by Crippen LogP contribution is 2.60. The van der Waals surface area contributed by atoms with Crippen molar-refractivity contribution in [3.63, 3.8) is 0 Å². The second-order valence-electron chi connectivity index (χ2n) is 11.0. The van der Waals surface area contributed by atoms with Crippen molar-refractivity contribution in [1.82, 2.24) is 9.80 Å². The van der Waals surface area contributed by atoms with E-state index >= 15 is 0 Å². The van der Waals surface area contributed by atoms with E-state index in [9.17, 15) is 5.11 Å². The summed E-state index contributed by atoms with van der Waals surface area (Å²) in [6.07, 6.45) is 2.95. The second-order valence-corrected chi connectivity index (χ2v) is 11.0. The van der Waals surface area contributed by atoms with Gasteiger partial charge in [0.2, 0.25) is 0 Å². The van der Waals surface area contributed by atoms with E-state index in [0.717, 1.165) is 44.6 Å². The summed E-state index contributed by atoms with van der Waals surface area (Å²) in [5.41, 5.74) is 8.69. The predicted octanol–water partition coefficient (Wildman–Crippen LogP) is 5.33. The number of benzene rings is 3. The molecule has 3 aliphatic rings. The maximum absolute atomic E-state index is 11.3. The first-order valence-electron chi connectivity index (χ1n) is 12.9. The molecule has 0 amide bonds. The molecule has 1 atom stereocenters. The van der Waals surface area contributed by atoms with Gasteiger partial charge in [0.15, 0.2) is 0 Å². The van der Waals surface area contributed by atoms with Crippen molar-refractivity contribution in [2.45, 2.75) is 43.2 Å². The zero-order chi connectivity index (χ0) is 23.3. The molecule has 0 spiro atoms. The number of likely N-dealkylation sites (tertiary alicyclic amines) is 1. The third-order valence-corrected chi connectivity index (χ3v) is 8.69. The van der Waals surface area contributed by atoms with Gasteiger partial charge in [-0.05, 0) is 85.7 Å². The molecule has 0 unspecified atom stereocenters. The van der Waals surface area contributed by atoms with Gasteiger partial charge in [0.25, 0.3) is 0 Å². The van der Waals surface area contributed by atoms with Crippen LogP contribution in [0.1, 0.15) is 64.7 Å². The van der Waals surface area contributed by atoms with E-state index in [4.69, 9.17) is 0 Å². The van der Waals surface area contributed by atoms with Crippen LogP contribution in [-0.4, -0.2) is 48.6 Å². The van der Waals surface area contributed by atoms with E-state index in [1.165, 1.54) is 12.0 Å². The standard InChI is InChI=1S/C31H36N2O/c1-32(2)20-23-9-3-4-10-24(23)30(34)22-15-17-33(18-16-22)21-31-19-27(25-11-5-7-13-28(25)31)26-12-6-8-14-29(26)31/h3-14,22,27,30,34H,15-21H2,1-2H3/t27?,30-,31?/m1/s1. The molecule has 1 heterocycles. The van der Waals surface area contributed by atoms with Crippen LogP contribution in [0, 0.1) is 5.92 Å². The Morgan fingerprint density at radius 3 is 2.12 bits per heavy atom. The van der Waals surface area contributed by atoms with Gasteiger partial charge in [-0.2, -0.15) is 0 Å². The van der Waals surface area contributed by atoms with Gasteiger partial charge in [0.05, 0.1) is 6.10 Å². The van der Waals surface area contributed by atoms with Crippen LogP contribution in [0.3, 0.4) is 0 Å². The van der Waals surface area contributed by atoms with Gasteiger partial charge >= 0.3 is 0 Å². The summed E-state index contributed by atoms with van der Waals surface area (Å²) < 4.78 is 0. The van der Waals surface area contributed by atoms with Crippen LogP contribution in [0.2, 0.25) is 0 Å². The lowest BCUT2D eigenvalue weighted by Crippen LogP contribution is -2.44. The topological polar surface area (TPSA) is 26.7 Å². The van der Waals surface area contributed by atoms with Crippen molar-refractivity contribution < 1.29 is 5.11 Å². The summed E-state index contributed by atoms with van der Waals surface area (Å²) in [5, 5.41) is 11.3. The summed E-state index contributed by atoms with van der Waals surface area (Å²) in [5.74, 6) is 0.886. The van der Waals surface area contributed by atoms with Gasteiger partial charge in [-0.15, -0.1) is 0 Å². The highest BCUT2D eigenvalue weighted by atomic mass is 16.3. The number of nitrogens with zero attached hydrogens (tertiary/aromatic N) is 2. The second kappa shape index (κ2) is 8.64. The highest BCUT2D eigenvalue weighted by molar-refractivity contribution is 5.62. The fourth-order valence-electron chi connectivity index (χ4n) is 7.18. The minimum Gasteiger partial charge on any atom is -0.388 e. The minimum atomic E-state index is -0.375. The Bertz CT molecular complexity index is 1130. The normalized spacial score (nSPS) is 24.9. The molecule has 3 nitrogen and oxygen atoms in total. The lowest BCUT2D eigenvalue weighted by atomic mass is 9.74. The molecule has 6 rings (SSSR count). The van der Waals surface area contributed by atoms with Crippen LogP contribution in [0.5, 0.6) is 0 Å².